The van der Waals surface area contributed by atoms with Gasteiger partial charge in [-0.2, -0.15) is 0 Å². The van der Waals surface area contributed by atoms with Crippen molar-refractivity contribution in [1.29, 1.82) is 0 Å². The van der Waals surface area contributed by atoms with Crippen LogP contribution in [0.15, 0.2) is 48.8 Å². The fourth-order valence-electron chi connectivity index (χ4n) is 3.06. The molecule has 0 spiro atoms. The molecule has 3 rings (SSSR count). The van der Waals surface area contributed by atoms with Gasteiger partial charge in [0.15, 0.2) is 0 Å². The van der Waals surface area contributed by atoms with Gasteiger partial charge >= 0.3 is 5.97 Å². The molecule has 130 valence electrons. The minimum atomic E-state index is -0.845. The van der Waals surface area contributed by atoms with Crippen LogP contribution in [0.4, 0.5) is 0 Å². The van der Waals surface area contributed by atoms with E-state index in [0.29, 0.717) is 30.9 Å². The fourth-order valence-corrected chi connectivity index (χ4v) is 3.06. The number of aliphatic carboxylic acids is 1. The van der Waals surface area contributed by atoms with E-state index in [1.54, 1.807) is 48.5 Å². The third kappa shape index (κ3) is 3.79. The molecule has 2 unspecified atom stereocenters. The molecule has 0 saturated carbocycles. The van der Waals surface area contributed by atoms with Crippen LogP contribution >= 0.6 is 0 Å². The van der Waals surface area contributed by atoms with E-state index >= 15 is 0 Å². The SMILES string of the molecule is CC1C(C(=O)O)CCN1C(=O)c1ccc(OCc2ccncc2)cc1. The molecule has 2 heterocycles. The number of hydrogen-bond acceptors (Lipinski definition) is 4. The zero-order valence-corrected chi connectivity index (χ0v) is 14.0. The number of benzene rings is 1. The number of nitrogens with zero attached hydrogens (tertiary/aromatic N) is 2. The van der Waals surface area contributed by atoms with Gasteiger partial charge in [-0.1, -0.05) is 0 Å². The minimum absolute atomic E-state index is 0.142. The van der Waals surface area contributed by atoms with E-state index in [1.807, 2.05) is 12.1 Å². The number of aromatic nitrogens is 1. The molecule has 0 radical (unpaired) electrons. The van der Waals surface area contributed by atoms with E-state index in [4.69, 9.17) is 4.74 Å². The molecular weight excluding hydrogens is 320 g/mol. The van der Waals surface area contributed by atoms with Crippen LogP contribution in [0, 0.1) is 5.92 Å². The highest BCUT2D eigenvalue weighted by Crippen LogP contribution is 2.26. The summed E-state index contributed by atoms with van der Waals surface area (Å²) in [6, 6.07) is 10.4. The highest BCUT2D eigenvalue weighted by Gasteiger charge is 2.38. The Morgan fingerprint density at radius 2 is 1.88 bits per heavy atom. The summed E-state index contributed by atoms with van der Waals surface area (Å²) in [5.41, 5.74) is 1.55. The van der Waals surface area contributed by atoms with Crippen molar-refractivity contribution in [1.82, 2.24) is 9.88 Å². The van der Waals surface area contributed by atoms with Crippen LogP contribution in [0.2, 0.25) is 0 Å². The highest BCUT2D eigenvalue weighted by molar-refractivity contribution is 5.95. The number of pyridine rings is 1. The molecule has 6 heteroatoms. The zero-order chi connectivity index (χ0) is 17.8. The van der Waals surface area contributed by atoms with E-state index in [9.17, 15) is 14.7 Å². The summed E-state index contributed by atoms with van der Waals surface area (Å²) in [6.45, 7) is 2.69. The maximum atomic E-state index is 12.6. The molecule has 1 aliphatic rings. The Balaban J connectivity index is 1.62. The van der Waals surface area contributed by atoms with Crippen LogP contribution in [0.5, 0.6) is 5.75 Å². The quantitative estimate of drug-likeness (QED) is 0.905. The van der Waals surface area contributed by atoms with Crippen LogP contribution in [-0.4, -0.2) is 39.5 Å². The normalized spacial score (nSPS) is 19.6. The van der Waals surface area contributed by atoms with E-state index in [1.165, 1.54) is 0 Å². The van der Waals surface area contributed by atoms with Gasteiger partial charge in [-0.25, -0.2) is 0 Å². The van der Waals surface area contributed by atoms with Gasteiger partial charge in [-0.05, 0) is 55.3 Å². The number of carbonyl (C=O) groups is 2. The number of hydrogen-bond donors (Lipinski definition) is 1. The summed E-state index contributed by atoms with van der Waals surface area (Å²) in [5.74, 6) is -0.808. The molecule has 1 aromatic carbocycles. The number of rotatable bonds is 5. The van der Waals surface area contributed by atoms with Gasteiger partial charge in [0.05, 0.1) is 5.92 Å². The Kier molecular flexibility index (Phi) is 4.97. The monoisotopic (exact) mass is 340 g/mol. The number of ether oxygens (including phenoxy) is 1. The van der Waals surface area contributed by atoms with Crippen molar-refractivity contribution in [3.05, 3.63) is 59.9 Å². The molecule has 1 saturated heterocycles. The topological polar surface area (TPSA) is 79.7 Å². The number of amides is 1. The smallest absolute Gasteiger partial charge is 0.308 e. The average molecular weight is 340 g/mol. The first-order chi connectivity index (χ1) is 12.1. The first-order valence-corrected chi connectivity index (χ1v) is 8.22. The van der Waals surface area contributed by atoms with E-state index in [2.05, 4.69) is 4.98 Å². The Morgan fingerprint density at radius 1 is 1.20 bits per heavy atom. The van der Waals surface area contributed by atoms with Crippen LogP contribution in [0.3, 0.4) is 0 Å². The van der Waals surface area contributed by atoms with Crippen molar-refractivity contribution in [3.8, 4) is 5.75 Å². The maximum Gasteiger partial charge on any atom is 0.308 e. The summed E-state index contributed by atoms with van der Waals surface area (Å²) in [4.78, 5) is 29.4. The Labute approximate surface area is 146 Å². The zero-order valence-electron chi connectivity index (χ0n) is 14.0. The van der Waals surface area contributed by atoms with E-state index in [0.717, 1.165) is 5.56 Å². The van der Waals surface area contributed by atoms with Crippen LogP contribution in [-0.2, 0) is 11.4 Å². The second kappa shape index (κ2) is 7.34. The number of carboxylic acid groups (broad SMARTS) is 1. The number of likely N-dealkylation sites (tertiary alicyclic amines) is 1. The summed E-state index contributed by atoms with van der Waals surface area (Å²) in [6.07, 6.45) is 3.92. The Hall–Kier alpha value is -2.89. The van der Waals surface area contributed by atoms with Crippen molar-refractivity contribution in [2.24, 2.45) is 5.92 Å². The fraction of sp³-hybridized carbons (Fsp3) is 0.316. The summed E-state index contributed by atoms with van der Waals surface area (Å²) >= 11 is 0. The minimum Gasteiger partial charge on any atom is -0.489 e. The summed E-state index contributed by atoms with van der Waals surface area (Å²) in [5, 5.41) is 9.18. The third-order valence-corrected chi connectivity index (χ3v) is 4.59. The predicted molar refractivity (Wildman–Crippen MR) is 91.3 cm³/mol. The lowest BCUT2D eigenvalue weighted by atomic mass is 10.0. The van der Waals surface area contributed by atoms with E-state index < -0.39 is 11.9 Å². The van der Waals surface area contributed by atoms with Crippen molar-refractivity contribution in [2.75, 3.05) is 6.54 Å². The predicted octanol–water partition coefficient (Wildman–Crippen LogP) is 2.60. The van der Waals surface area contributed by atoms with Gasteiger partial charge in [-0.15, -0.1) is 0 Å². The molecule has 1 amide bonds. The van der Waals surface area contributed by atoms with Crippen LogP contribution in [0.25, 0.3) is 0 Å². The highest BCUT2D eigenvalue weighted by atomic mass is 16.5. The molecule has 1 aliphatic heterocycles. The summed E-state index contributed by atoms with van der Waals surface area (Å²) in [7, 11) is 0. The molecule has 0 aliphatic carbocycles. The lowest BCUT2D eigenvalue weighted by Gasteiger charge is -2.23. The lowest BCUT2D eigenvalue weighted by molar-refractivity contribution is -0.142. The molecule has 1 N–H and O–H groups in total. The second-order valence-electron chi connectivity index (χ2n) is 6.14. The van der Waals surface area contributed by atoms with E-state index in [-0.39, 0.29) is 11.9 Å². The van der Waals surface area contributed by atoms with Crippen molar-refractivity contribution in [2.45, 2.75) is 26.0 Å². The van der Waals surface area contributed by atoms with Crippen molar-refractivity contribution < 1.29 is 19.4 Å². The third-order valence-electron chi connectivity index (χ3n) is 4.59. The largest absolute Gasteiger partial charge is 0.489 e. The molecule has 0 bridgehead atoms. The standard InChI is InChI=1S/C19H20N2O4/c1-13-17(19(23)24)8-11-21(13)18(22)15-2-4-16(5-3-15)25-12-14-6-9-20-10-7-14/h2-7,9-10,13,17H,8,11-12H2,1H3,(H,23,24). The van der Waals surface area contributed by atoms with Gasteiger partial charge in [0, 0.05) is 30.5 Å². The lowest BCUT2D eigenvalue weighted by Crippen LogP contribution is -2.37. The molecule has 6 nitrogen and oxygen atoms in total. The molecule has 1 fully saturated rings. The number of carboxylic acids is 1. The van der Waals surface area contributed by atoms with Crippen LogP contribution < -0.4 is 4.74 Å². The molecule has 2 aromatic rings. The van der Waals surface area contributed by atoms with Gasteiger partial charge in [0.2, 0.25) is 0 Å². The molecule has 1 aromatic heterocycles. The first kappa shape index (κ1) is 17.0. The number of carbonyl (C=O) groups excluding carboxylic acids is 1. The van der Waals surface area contributed by atoms with Gasteiger partial charge in [0.25, 0.3) is 5.91 Å². The molecule has 2 atom stereocenters. The van der Waals surface area contributed by atoms with Gasteiger partial charge < -0.3 is 14.7 Å². The Morgan fingerprint density at radius 3 is 2.48 bits per heavy atom. The molecule has 25 heavy (non-hydrogen) atoms. The van der Waals surface area contributed by atoms with Gasteiger partial charge in [-0.3, -0.25) is 14.6 Å². The maximum absolute atomic E-state index is 12.6. The summed E-state index contributed by atoms with van der Waals surface area (Å²) < 4.78 is 5.69. The van der Waals surface area contributed by atoms with Crippen LogP contribution in [0.1, 0.15) is 29.3 Å². The first-order valence-electron chi connectivity index (χ1n) is 8.22. The molecular formula is C19H20N2O4. The second-order valence-corrected chi connectivity index (χ2v) is 6.14. The average Bonchev–Trinajstić information content (AvgIpc) is 3.02. The Bertz CT molecular complexity index is 746. The van der Waals surface area contributed by atoms with Gasteiger partial charge in [0.1, 0.15) is 12.4 Å². The van der Waals surface area contributed by atoms with Crippen molar-refractivity contribution in [3.63, 3.8) is 0 Å². The van der Waals surface area contributed by atoms with Crippen molar-refractivity contribution >= 4 is 11.9 Å².